The van der Waals surface area contributed by atoms with Crippen LogP contribution in [0.3, 0.4) is 0 Å². The molecule has 3 N–H and O–H groups in total. The minimum absolute atomic E-state index is 0. The van der Waals surface area contributed by atoms with Crippen LogP contribution in [0, 0.1) is 0 Å². The zero-order valence-electron chi connectivity index (χ0n) is 14.1. The minimum Gasteiger partial charge on any atom is -0.326 e. The zero-order valence-corrected chi connectivity index (χ0v) is 16.5. The third-order valence-corrected chi connectivity index (χ3v) is 5.37. The fraction of sp³-hybridized carbons (Fsp3) is 0.316. The van der Waals surface area contributed by atoms with Crippen LogP contribution < -0.4 is 11.1 Å². The highest BCUT2D eigenvalue weighted by Crippen LogP contribution is 2.28. The lowest BCUT2D eigenvalue weighted by atomic mass is 9.95. The number of likely N-dealkylation sites (tertiary alicyclic amines) is 1. The van der Waals surface area contributed by atoms with Gasteiger partial charge in [0.05, 0.1) is 11.7 Å². The van der Waals surface area contributed by atoms with Crippen molar-refractivity contribution in [3.63, 3.8) is 0 Å². The average molecular weight is 425 g/mol. The second-order valence-corrected chi connectivity index (χ2v) is 7.13. The van der Waals surface area contributed by atoms with E-state index in [0.717, 1.165) is 23.2 Å². The number of halogens is 2. The van der Waals surface area contributed by atoms with Crippen molar-refractivity contribution in [3.05, 3.63) is 64.6 Å². The molecule has 0 bridgehead atoms. The molecule has 1 amide bonds. The van der Waals surface area contributed by atoms with Crippen LogP contribution in [0.4, 0.5) is 5.69 Å². The second-order valence-electron chi connectivity index (χ2n) is 6.28. The van der Waals surface area contributed by atoms with Crippen molar-refractivity contribution in [1.29, 1.82) is 0 Å². The van der Waals surface area contributed by atoms with Gasteiger partial charge >= 0.3 is 0 Å². The van der Waals surface area contributed by atoms with E-state index in [-0.39, 0.29) is 36.3 Å². The fourth-order valence-corrected chi connectivity index (χ4v) is 3.58. The summed E-state index contributed by atoms with van der Waals surface area (Å²) in [5, 5.41) is 2.99. The Bertz CT molecular complexity index is 713. The average Bonchev–Trinajstić information content (AvgIpc) is 2.98. The Hall–Kier alpha value is -1.40. The maximum Gasteiger partial charge on any atom is 0.241 e. The molecule has 1 aliphatic rings. The van der Waals surface area contributed by atoms with E-state index in [2.05, 4.69) is 38.3 Å². The summed E-state index contributed by atoms with van der Waals surface area (Å²) in [4.78, 5) is 14.7. The Morgan fingerprint density at radius 2 is 1.80 bits per heavy atom. The Balaban J connectivity index is 0.00000225. The third-order valence-electron chi connectivity index (χ3n) is 4.68. The van der Waals surface area contributed by atoms with Gasteiger partial charge < -0.3 is 11.1 Å². The molecule has 0 aromatic heterocycles. The Morgan fingerprint density at radius 1 is 1.16 bits per heavy atom. The summed E-state index contributed by atoms with van der Waals surface area (Å²) in [6, 6.07) is 17.8. The zero-order chi connectivity index (χ0) is 17.1. The van der Waals surface area contributed by atoms with Gasteiger partial charge in [0.15, 0.2) is 0 Å². The summed E-state index contributed by atoms with van der Waals surface area (Å²) < 4.78 is 0.880. The first-order valence-corrected chi connectivity index (χ1v) is 8.95. The van der Waals surface area contributed by atoms with Crippen LogP contribution in [-0.2, 0) is 4.79 Å². The van der Waals surface area contributed by atoms with Gasteiger partial charge in [-0.2, -0.15) is 0 Å². The van der Waals surface area contributed by atoms with E-state index in [4.69, 9.17) is 5.73 Å². The minimum atomic E-state index is -0.225. The SMILES string of the molecule is CC(C(=O)Nc1ccccc1Br)N1C[C@@H](N)[C@H](c2ccccc2)C1.Cl. The van der Waals surface area contributed by atoms with E-state index in [1.54, 1.807) is 0 Å². The maximum atomic E-state index is 12.6. The number of amides is 1. The summed E-state index contributed by atoms with van der Waals surface area (Å²) in [5.74, 6) is 0.257. The summed E-state index contributed by atoms with van der Waals surface area (Å²) in [6.45, 7) is 3.46. The largest absolute Gasteiger partial charge is 0.326 e. The Kier molecular flexibility index (Phi) is 7.02. The number of nitrogens with zero attached hydrogens (tertiary/aromatic N) is 1. The molecule has 25 heavy (non-hydrogen) atoms. The van der Waals surface area contributed by atoms with E-state index in [1.165, 1.54) is 5.56 Å². The summed E-state index contributed by atoms with van der Waals surface area (Å²) in [7, 11) is 0. The molecule has 0 saturated carbocycles. The van der Waals surface area contributed by atoms with E-state index in [1.807, 2.05) is 49.4 Å². The van der Waals surface area contributed by atoms with Gasteiger partial charge in [-0.3, -0.25) is 9.69 Å². The van der Waals surface area contributed by atoms with Gasteiger partial charge in [0.2, 0.25) is 5.91 Å². The van der Waals surface area contributed by atoms with Crippen LogP contribution in [-0.4, -0.2) is 36.0 Å². The third kappa shape index (κ3) is 4.61. The van der Waals surface area contributed by atoms with Crippen LogP contribution in [0.1, 0.15) is 18.4 Å². The van der Waals surface area contributed by atoms with Gasteiger partial charge in [0.1, 0.15) is 0 Å². The van der Waals surface area contributed by atoms with Gasteiger partial charge in [0.25, 0.3) is 0 Å². The van der Waals surface area contributed by atoms with E-state index < -0.39 is 0 Å². The highest BCUT2D eigenvalue weighted by atomic mass is 79.9. The van der Waals surface area contributed by atoms with Gasteiger partial charge in [-0.05, 0) is 40.5 Å². The van der Waals surface area contributed by atoms with Crippen LogP contribution in [0.5, 0.6) is 0 Å². The van der Waals surface area contributed by atoms with Crippen molar-refractivity contribution in [1.82, 2.24) is 4.90 Å². The van der Waals surface area contributed by atoms with E-state index in [9.17, 15) is 4.79 Å². The smallest absolute Gasteiger partial charge is 0.241 e. The number of para-hydroxylation sites is 1. The predicted molar refractivity (Wildman–Crippen MR) is 108 cm³/mol. The lowest BCUT2D eigenvalue weighted by Crippen LogP contribution is -2.41. The topological polar surface area (TPSA) is 58.4 Å². The molecular weight excluding hydrogens is 402 g/mol. The van der Waals surface area contributed by atoms with Crippen LogP contribution in [0.2, 0.25) is 0 Å². The van der Waals surface area contributed by atoms with Crippen molar-refractivity contribution in [2.24, 2.45) is 5.73 Å². The first-order chi connectivity index (χ1) is 11.6. The standard InChI is InChI=1S/C19H22BrN3O.ClH/c1-13(19(24)22-18-10-6-5-9-16(18)20)23-11-15(17(21)12-23)14-7-3-2-4-8-14;/h2-10,13,15,17H,11-12,21H2,1H3,(H,22,24);1H/t13?,15-,17+;/m0./s1. The molecule has 1 fully saturated rings. The summed E-state index contributed by atoms with van der Waals surface area (Å²) >= 11 is 3.46. The van der Waals surface area contributed by atoms with Gasteiger partial charge in [-0.25, -0.2) is 0 Å². The summed E-state index contributed by atoms with van der Waals surface area (Å²) in [5.41, 5.74) is 8.37. The molecule has 1 heterocycles. The first kappa shape index (κ1) is 19.9. The van der Waals surface area contributed by atoms with Crippen LogP contribution >= 0.6 is 28.3 Å². The number of hydrogen-bond donors (Lipinski definition) is 2. The Labute approximate surface area is 163 Å². The number of nitrogens with two attached hydrogens (primary N) is 1. The number of anilines is 1. The number of rotatable bonds is 4. The number of benzene rings is 2. The number of hydrogen-bond acceptors (Lipinski definition) is 3. The quantitative estimate of drug-likeness (QED) is 0.788. The van der Waals surface area contributed by atoms with Crippen molar-refractivity contribution < 1.29 is 4.79 Å². The van der Waals surface area contributed by atoms with Crippen molar-refractivity contribution in [2.75, 3.05) is 18.4 Å². The molecule has 4 nitrogen and oxygen atoms in total. The molecule has 1 saturated heterocycles. The predicted octanol–water partition coefficient (Wildman–Crippen LogP) is 3.62. The van der Waals surface area contributed by atoms with Crippen LogP contribution in [0.15, 0.2) is 59.1 Å². The molecule has 6 heteroatoms. The van der Waals surface area contributed by atoms with Gasteiger partial charge in [0, 0.05) is 29.5 Å². The van der Waals surface area contributed by atoms with E-state index >= 15 is 0 Å². The summed E-state index contributed by atoms with van der Waals surface area (Å²) in [6.07, 6.45) is 0. The molecule has 0 radical (unpaired) electrons. The molecule has 3 rings (SSSR count). The number of carbonyl (C=O) groups is 1. The highest BCUT2D eigenvalue weighted by molar-refractivity contribution is 9.10. The van der Waals surface area contributed by atoms with Crippen molar-refractivity contribution in [3.8, 4) is 0 Å². The fourth-order valence-electron chi connectivity index (χ4n) is 3.20. The van der Waals surface area contributed by atoms with Crippen LogP contribution in [0.25, 0.3) is 0 Å². The van der Waals surface area contributed by atoms with E-state index in [0.29, 0.717) is 0 Å². The number of nitrogens with one attached hydrogen (secondary N) is 1. The lowest BCUT2D eigenvalue weighted by molar-refractivity contribution is -0.120. The van der Waals surface area contributed by atoms with Crippen molar-refractivity contribution >= 4 is 39.9 Å². The normalized spacial score (nSPS) is 21.4. The molecule has 0 spiro atoms. The first-order valence-electron chi connectivity index (χ1n) is 8.16. The molecule has 0 aliphatic carbocycles. The molecule has 1 unspecified atom stereocenters. The molecule has 2 aromatic rings. The Morgan fingerprint density at radius 3 is 2.48 bits per heavy atom. The lowest BCUT2D eigenvalue weighted by Gasteiger charge is -2.23. The second kappa shape index (κ2) is 8.81. The monoisotopic (exact) mass is 423 g/mol. The molecule has 134 valence electrons. The maximum absolute atomic E-state index is 12.6. The molecule has 3 atom stereocenters. The van der Waals surface area contributed by atoms with Gasteiger partial charge in [-0.1, -0.05) is 42.5 Å². The molecule has 2 aromatic carbocycles. The van der Waals surface area contributed by atoms with Gasteiger partial charge in [-0.15, -0.1) is 12.4 Å². The highest BCUT2D eigenvalue weighted by Gasteiger charge is 2.35. The molecule has 1 aliphatic heterocycles. The van der Waals surface area contributed by atoms with Crippen molar-refractivity contribution in [2.45, 2.75) is 24.9 Å². The molecular formula is C19H23BrClN3O. The number of carbonyl (C=O) groups excluding carboxylic acids is 1.